The molecule has 1 aliphatic rings. The molecule has 43 heavy (non-hydrogen) atoms. The molecular weight excluding hydrogens is 595 g/mol. The number of alkyl halides is 3. The summed E-state index contributed by atoms with van der Waals surface area (Å²) in [5, 5.41) is 9.38. The topological polar surface area (TPSA) is 102 Å². The predicted octanol–water partition coefficient (Wildman–Crippen LogP) is 6.36. The number of nitrogens with zero attached hydrogens (tertiary/aromatic N) is 4. The van der Waals surface area contributed by atoms with Gasteiger partial charge in [-0.1, -0.05) is 11.6 Å². The van der Waals surface area contributed by atoms with Gasteiger partial charge in [0.05, 0.1) is 11.6 Å². The smallest absolute Gasteiger partial charge is 0.341 e. The van der Waals surface area contributed by atoms with Crippen LogP contribution in [0.5, 0.6) is 0 Å². The van der Waals surface area contributed by atoms with Crippen molar-refractivity contribution in [2.45, 2.75) is 12.2 Å². The van der Waals surface area contributed by atoms with Gasteiger partial charge in [0.15, 0.2) is 0 Å². The highest BCUT2D eigenvalue weighted by atomic mass is 35.5. The van der Waals surface area contributed by atoms with Gasteiger partial charge >= 0.3 is 6.18 Å². The molecule has 6 rings (SSSR count). The zero-order chi connectivity index (χ0) is 30.5. The molecule has 0 saturated carbocycles. The summed E-state index contributed by atoms with van der Waals surface area (Å²) < 4.78 is 69.7. The van der Waals surface area contributed by atoms with Crippen molar-refractivity contribution in [3.05, 3.63) is 124 Å². The molecule has 14 heteroatoms. The summed E-state index contributed by atoms with van der Waals surface area (Å²) in [6.07, 6.45) is 1.18. The zero-order valence-corrected chi connectivity index (χ0v) is 22.2. The quantitative estimate of drug-likeness (QED) is 0.225. The number of hydrogen-bond donors (Lipinski definition) is 2. The normalized spacial score (nSPS) is 14.4. The van der Waals surface area contributed by atoms with Crippen LogP contribution in [0.4, 0.5) is 27.6 Å². The summed E-state index contributed by atoms with van der Waals surface area (Å²) in [4.78, 5) is 34.9. The molecule has 1 unspecified atom stereocenters. The van der Waals surface area contributed by atoms with Gasteiger partial charge in [-0.05, 0) is 60.2 Å². The van der Waals surface area contributed by atoms with Gasteiger partial charge in [0.25, 0.3) is 11.8 Å². The van der Waals surface area contributed by atoms with Crippen LogP contribution in [0.3, 0.4) is 0 Å². The number of hydrogen-bond acceptors (Lipinski definition) is 5. The Bertz CT molecular complexity index is 1900. The van der Waals surface area contributed by atoms with E-state index in [1.165, 1.54) is 35.3 Å². The molecule has 1 atom stereocenters. The zero-order valence-electron chi connectivity index (χ0n) is 21.5. The highest BCUT2D eigenvalue weighted by Crippen LogP contribution is 2.42. The number of halogens is 6. The van der Waals surface area contributed by atoms with Crippen LogP contribution in [-0.4, -0.2) is 31.6 Å². The summed E-state index contributed by atoms with van der Waals surface area (Å²) in [5.74, 6) is -3.32. The highest BCUT2D eigenvalue weighted by Gasteiger charge is 2.36. The van der Waals surface area contributed by atoms with Crippen LogP contribution in [0.25, 0.3) is 17.1 Å². The maximum Gasteiger partial charge on any atom is 0.416 e. The number of fused-ring (bicyclic) bond motifs is 1. The van der Waals surface area contributed by atoms with Gasteiger partial charge in [0, 0.05) is 63.3 Å². The van der Waals surface area contributed by atoms with Crippen molar-refractivity contribution in [1.29, 1.82) is 0 Å². The summed E-state index contributed by atoms with van der Waals surface area (Å²) in [6.45, 7) is 0. The predicted molar refractivity (Wildman–Crippen MR) is 145 cm³/mol. The van der Waals surface area contributed by atoms with Gasteiger partial charge in [0.2, 0.25) is 5.95 Å². The number of anilines is 1. The summed E-state index contributed by atoms with van der Waals surface area (Å²) in [5.41, 5.74) is -0.787. The van der Waals surface area contributed by atoms with E-state index < -0.39 is 46.8 Å². The summed E-state index contributed by atoms with van der Waals surface area (Å²) in [6, 6.07) is 8.58. The second-order valence-electron chi connectivity index (χ2n) is 9.46. The van der Waals surface area contributed by atoms with E-state index in [9.17, 15) is 31.5 Å². The fourth-order valence-corrected chi connectivity index (χ4v) is 4.95. The Kier molecular flexibility index (Phi) is 6.89. The third kappa shape index (κ3) is 5.42. The lowest BCUT2D eigenvalue weighted by atomic mass is 9.93. The van der Waals surface area contributed by atoms with Crippen molar-refractivity contribution >= 4 is 29.1 Å². The minimum Gasteiger partial charge on any atom is -0.341 e. The van der Waals surface area contributed by atoms with Gasteiger partial charge in [-0.3, -0.25) is 9.59 Å². The van der Waals surface area contributed by atoms with E-state index >= 15 is 0 Å². The molecular formula is C29H16ClF5N6O2. The first-order chi connectivity index (χ1) is 20.5. The number of benzene rings is 3. The molecule has 0 fully saturated rings. The maximum atomic E-state index is 14.2. The van der Waals surface area contributed by atoms with Crippen molar-refractivity contribution in [2.24, 2.45) is 0 Å². The maximum absolute atomic E-state index is 14.2. The van der Waals surface area contributed by atoms with Crippen LogP contribution in [-0.2, 0) is 6.18 Å². The van der Waals surface area contributed by atoms with Gasteiger partial charge in [0.1, 0.15) is 11.6 Å². The van der Waals surface area contributed by atoms with Crippen molar-refractivity contribution in [2.75, 3.05) is 5.32 Å². The molecule has 3 heterocycles. The number of carbonyl (C=O) groups excluding carboxylic acids is 2. The lowest BCUT2D eigenvalue weighted by Crippen LogP contribution is -2.21. The Morgan fingerprint density at radius 1 is 0.977 bits per heavy atom. The number of amides is 2. The van der Waals surface area contributed by atoms with E-state index in [-0.39, 0.29) is 39.4 Å². The van der Waals surface area contributed by atoms with Gasteiger partial charge in [-0.2, -0.15) is 18.3 Å². The number of rotatable bonds is 5. The van der Waals surface area contributed by atoms with E-state index in [0.717, 1.165) is 12.1 Å². The molecule has 5 aromatic rings. The Morgan fingerprint density at radius 2 is 1.74 bits per heavy atom. The Hall–Kier alpha value is -5.17. The van der Waals surface area contributed by atoms with Gasteiger partial charge in [-0.25, -0.2) is 23.4 Å². The van der Waals surface area contributed by atoms with Crippen molar-refractivity contribution in [1.82, 2.24) is 25.1 Å². The Labute approximate surface area is 244 Å². The molecule has 0 radical (unpaired) electrons. The molecule has 0 aliphatic carbocycles. The second kappa shape index (κ2) is 10.6. The first-order valence-electron chi connectivity index (χ1n) is 12.4. The molecule has 0 saturated heterocycles. The fourth-order valence-electron chi connectivity index (χ4n) is 4.73. The van der Waals surface area contributed by atoms with E-state index in [2.05, 4.69) is 25.7 Å². The average Bonchev–Trinajstić information content (AvgIpc) is 3.62. The molecule has 1 aliphatic heterocycles. The molecule has 2 amide bonds. The van der Waals surface area contributed by atoms with Crippen LogP contribution >= 0.6 is 11.6 Å². The van der Waals surface area contributed by atoms with Crippen molar-refractivity contribution in [3.8, 4) is 17.1 Å². The number of carbonyl (C=O) groups is 2. The van der Waals surface area contributed by atoms with Crippen LogP contribution in [0.1, 0.15) is 43.4 Å². The number of nitrogens with one attached hydrogen (secondary N) is 2. The molecule has 0 bridgehead atoms. The van der Waals surface area contributed by atoms with Crippen molar-refractivity contribution in [3.63, 3.8) is 0 Å². The van der Waals surface area contributed by atoms with Gasteiger partial charge in [-0.15, -0.1) is 0 Å². The lowest BCUT2D eigenvalue weighted by Gasteiger charge is -2.19. The molecule has 2 N–H and O–H groups in total. The van der Waals surface area contributed by atoms with Crippen LogP contribution in [0, 0.1) is 11.6 Å². The van der Waals surface area contributed by atoms with E-state index in [1.54, 1.807) is 18.5 Å². The third-order valence-electron chi connectivity index (χ3n) is 6.67. The highest BCUT2D eigenvalue weighted by molar-refractivity contribution is 6.31. The molecule has 8 nitrogen and oxygen atoms in total. The second-order valence-corrected chi connectivity index (χ2v) is 9.87. The fraction of sp³-hybridized carbons (Fsp3) is 0.0690. The minimum absolute atomic E-state index is 0.0184. The standard InChI is InChI=1S/C29H16ClF5N6O2/c30-22-3-2-18(31)11-20(22)25-24-21(27(43)40-25)8-14(16-12-36-28(37-13-16)41-5-1-4-38-41)9-23(24)39-26(42)15-6-17(29(33,34)35)10-19(32)7-15/h1-13,25H,(H,39,42)(H,40,43). The van der Waals surface area contributed by atoms with Crippen molar-refractivity contribution < 1.29 is 31.5 Å². The number of aromatic nitrogens is 4. The van der Waals surface area contributed by atoms with Gasteiger partial charge < -0.3 is 10.6 Å². The summed E-state index contributed by atoms with van der Waals surface area (Å²) >= 11 is 6.33. The van der Waals surface area contributed by atoms with Crippen LogP contribution in [0.15, 0.2) is 79.4 Å². The minimum atomic E-state index is -4.91. The average molecular weight is 611 g/mol. The monoisotopic (exact) mass is 610 g/mol. The van der Waals surface area contributed by atoms with E-state index in [0.29, 0.717) is 23.3 Å². The molecule has 0 spiro atoms. The van der Waals surface area contributed by atoms with E-state index in [4.69, 9.17) is 11.6 Å². The first kappa shape index (κ1) is 28.0. The van der Waals surface area contributed by atoms with Crippen LogP contribution in [0.2, 0.25) is 5.02 Å². The summed E-state index contributed by atoms with van der Waals surface area (Å²) in [7, 11) is 0. The largest absolute Gasteiger partial charge is 0.416 e. The molecule has 216 valence electrons. The third-order valence-corrected chi connectivity index (χ3v) is 7.02. The first-order valence-corrected chi connectivity index (χ1v) is 12.8. The SMILES string of the molecule is O=C(Nc1cc(-c2cnc(-n3cccn3)nc2)cc2c1C(c1cc(F)ccc1Cl)NC2=O)c1cc(F)cc(C(F)(F)F)c1. The molecule has 2 aromatic heterocycles. The van der Waals surface area contributed by atoms with Crippen LogP contribution < -0.4 is 10.6 Å². The molecule has 3 aromatic carbocycles. The van der Waals surface area contributed by atoms with E-state index in [1.807, 2.05) is 0 Å². The lowest BCUT2D eigenvalue weighted by molar-refractivity contribution is -0.137. The Balaban J connectivity index is 1.47. The Morgan fingerprint density at radius 3 is 2.44 bits per heavy atom.